The third kappa shape index (κ3) is 5.38. The van der Waals surface area contributed by atoms with Gasteiger partial charge in [-0.3, -0.25) is 4.79 Å². The van der Waals surface area contributed by atoms with Crippen LogP contribution in [0, 0.1) is 0 Å². The van der Waals surface area contributed by atoms with Crippen LogP contribution in [0.25, 0.3) is 10.8 Å². The summed E-state index contributed by atoms with van der Waals surface area (Å²) in [5.74, 6) is 0.747. The summed E-state index contributed by atoms with van der Waals surface area (Å²) in [7, 11) is -2.44. The summed E-state index contributed by atoms with van der Waals surface area (Å²) in [6.45, 7) is 4.25. The minimum Gasteiger partial charge on any atom is -0.497 e. The molecule has 7 nitrogen and oxygen atoms in total. The Morgan fingerprint density at radius 3 is 2.25 bits per heavy atom. The van der Waals surface area contributed by atoms with Gasteiger partial charge in [0.15, 0.2) is 0 Å². The van der Waals surface area contributed by atoms with Crippen molar-refractivity contribution in [2.75, 3.05) is 20.3 Å². The van der Waals surface area contributed by atoms with Crippen molar-refractivity contribution >= 4 is 26.8 Å². The van der Waals surface area contributed by atoms with Crippen molar-refractivity contribution in [2.24, 2.45) is 0 Å². The molecule has 0 saturated carbocycles. The number of hydrogen-bond donors (Lipinski definition) is 1. The summed E-state index contributed by atoms with van der Waals surface area (Å²) in [5.41, 5.74) is 0.623. The van der Waals surface area contributed by atoms with Crippen LogP contribution in [-0.2, 0) is 19.6 Å². The average molecular weight is 458 g/mol. The first-order chi connectivity index (χ1) is 15.4. The standard InChI is InChI=1S/C24H27NO6S/c1-4-30-22-14-15-23(20-9-7-6-8-19(20)22)32(27,28)25-21(16-24(26)31-5-2)17-10-12-18(29-3)13-11-17/h6-15,21,25H,4-5,16H2,1-3H3/t21-/m0/s1. The topological polar surface area (TPSA) is 90.9 Å². The van der Waals surface area contributed by atoms with E-state index in [1.54, 1.807) is 56.5 Å². The first-order valence-electron chi connectivity index (χ1n) is 10.4. The zero-order valence-corrected chi connectivity index (χ0v) is 19.1. The maximum absolute atomic E-state index is 13.4. The fourth-order valence-corrected chi connectivity index (χ4v) is 4.90. The molecule has 0 bridgehead atoms. The summed E-state index contributed by atoms with van der Waals surface area (Å²) in [6, 6.07) is 16.4. The minimum absolute atomic E-state index is 0.110. The smallest absolute Gasteiger partial charge is 0.307 e. The first kappa shape index (κ1) is 23.6. The Kier molecular flexibility index (Phi) is 7.71. The van der Waals surface area contributed by atoms with Gasteiger partial charge in [0.2, 0.25) is 10.0 Å². The van der Waals surface area contributed by atoms with Crippen molar-refractivity contribution in [3.63, 3.8) is 0 Å². The highest BCUT2D eigenvalue weighted by atomic mass is 32.2. The number of nitrogens with one attached hydrogen (secondary N) is 1. The molecular formula is C24H27NO6S. The summed E-state index contributed by atoms with van der Waals surface area (Å²) in [4.78, 5) is 12.3. The van der Waals surface area contributed by atoms with Gasteiger partial charge in [0.1, 0.15) is 11.5 Å². The molecule has 0 saturated heterocycles. The Morgan fingerprint density at radius 1 is 0.938 bits per heavy atom. The summed E-state index contributed by atoms with van der Waals surface area (Å²) in [6.07, 6.45) is -0.144. The molecule has 3 rings (SSSR count). The molecule has 1 N–H and O–H groups in total. The van der Waals surface area contributed by atoms with E-state index >= 15 is 0 Å². The van der Waals surface area contributed by atoms with Gasteiger partial charge in [-0.25, -0.2) is 13.1 Å². The third-order valence-corrected chi connectivity index (χ3v) is 6.45. The van der Waals surface area contributed by atoms with Gasteiger partial charge >= 0.3 is 5.97 Å². The van der Waals surface area contributed by atoms with E-state index < -0.39 is 22.0 Å². The van der Waals surface area contributed by atoms with Gasteiger partial charge in [-0.05, 0) is 43.7 Å². The normalized spacial score (nSPS) is 12.3. The molecule has 3 aromatic carbocycles. The van der Waals surface area contributed by atoms with E-state index in [0.717, 1.165) is 0 Å². The highest BCUT2D eigenvalue weighted by molar-refractivity contribution is 7.89. The van der Waals surface area contributed by atoms with Crippen molar-refractivity contribution in [1.29, 1.82) is 0 Å². The second-order valence-electron chi connectivity index (χ2n) is 7.00. The largest absolute Gasteiger partial charge is 0.497 e. The molecule has 170 valence electrons. The van der Waals surface area contributed by atoms with Crippen molar-refractivity contribution in [2.45, 2.75) is 31.2 Å². The SMILES string of the molecule is CCOC(=O)C[C@H](NS(=O)(=O)c1ccc(OCC)c2ccccc12)c1ccc(OC)cc1. The van der Waals surface area contributed by atoms with E-state index in [1.165, 1.54) is 6.07 Å². The molecule has 0 aliphatic rings. The zero-order valence-electron chi connectivity index (χ0n) is 18.3. The van der Waals surface area contributed by atoms with Crippen LogP contribution >= 0.6 is 0 Å². The predicted octanol–water partition coefficient (Wildman–Crippen LogP) is 4.22. The highest BCUT2D eigenvalue weighted by Gasteiger charge is 2.26. The lowest BCUT2D eigenvalue weighted by atomic mass is 10.0. The first-order valence-corrected chi connectivity index (χ1v) is 11.8. The number of esters is 1. The van der Waals surface area contributed by atoms with E-state index in [1.807, 2.05) is 19.1 Å². The van der Waals surface area contributed by atoms with Gasteiger partial charge in [0, 0.05) is 10.8 Å². The molecule has 0 radical (unpaired) electrons. The van der Waals surface area contributed by atoms with Crippen LogP contribution in [0.1, 0.15) is 31.9 Å². The molecule has 0 aliphatic heterocycles. The molecule has 0 spiro atoms. The fourth-order valence-electron chi connectivity index (χ4n) is 3.46. The van der Waals surface area contributed by atoms with Gasteiger partial charge in [-0.2, -0.15) is 0 Å². The lowest BCUT2D eigenvalue weighted by Crippen LogP contribution is -2.31. The van der Waals surface area contributed by atoms with Crippen LogP contribution in [0.2, 0.25) is 0 Å². The second kappa shape index (κ2) is 10.5. The van der Waals surface area contributed by atoms with E-state index in [0.29, 0.717) is 34.4 Å². The molecule has 0 amide bonds. The average Bonchev–Trinajstić information content (AvgIpc) is 2.79. The van der Waals surface area contributed by atoms with Crippen LogP contribution in [0.4, 0.5) is 0 Å². The van der Waals surface area contributed by atoms with Crippen molar-refractivity contribution in [3.05, 3.63) is 66.2 Å². The number of ether oxygens (including phenoxy) is 3. The van der Waals surface area contributed by atoms with E-state index in [-0.39, 0.29) is 17.9 Å². The monoisotopic (exact) mass is 457 g/mol. The van der Waals surface area contributed by atoms with E-state index in [9.17, 15) is 13.2 Å². The molecule has 32 heavy (non-hydrogen) atoms. The zero-order chi connectivity index (χ0) is 23.1. The van der Waals surface area contributed by atoms with Crippen LogP contribution < -0.4 is 14.2 Å². The Balaban J connectivity index is 2.01. The molecule has 8 heteroatoms. The quantitative estimate of drug-likeness (QED) is 0.459. The summed E-state index contributed by atoms with van der Waals surface area (Å²) >= 11 is 0. The molecule has 1 atom stereocenters. The molecule has 0 aliphatic carbocycles. The molecular weight excluding hydrogens is 430 g/mol. The molecule has 0 unspecified atom stereocenters. The Hall–Kier alpha value is -3.10. The van der Waals surface area contributed by atoms with Crippen LogP contribution in [0.3, 0.4) is 0 Å². The Morgan fingerprint density at radius 2 is 1.62 bits per heavy atom. The minimum atomic E-state index is -3.99. The molecule has 0 fully saturated rings. The Labute approximate surface area is 188 Å². The number of rotatable bonds is 10. The van der Waals surface area contributed by atoms with E-state index in [2.05, 4.69) is 4.72 Å². The maximum Gasteiger partial charge on any atom is 0.307 e. The summed E-state index contributed by atoms with van der Waals surface area (Å²) < 4.78 is 45.4. The molecule has 3 aromatic rings. The van der Waals surface area contributed by atoms with Crippen molar-refractivity contribution in [1.82, 2.24) is 4.72 Å². The fraction of sp³-hybridized carbons (Fsp3) is 0.292. The molecule has 0 heterocycles. The van der Waals surface area contributed by atoms with E-state index in [4.69, 9.17) is 14.2 Å². The van der Waals surface area contributed by atoms with Crippen molar-refractivity contribution in [3.8, 4) is 11.5 Å². The van der Waals surface area contributed by atoms with Gasteiger partial charge in [-0.1, -0.05) is 36.4 Å². The van der Waals surface area contributed by atoms with Crippen LogP contribution in [0.15, 0.2) is 65.6 Å². The third-order valence-electron chi connectivity index (χ3n) is 4.93. The number of methoxy groups -OCH3 is 1. The lowest BCUT2D eigenvalue weighted by molar-refractivity contribution is -0.143. The van der Waals surface area contributed by atoms with Crippen LogP contribution in [0.5, 0.6) is 11.5 Å². The predicted molar refractivity (Wildman–Crippen MR) is 122 cm³/mol. The van der Waals surface area contributed by atoms with Crippen molar-refractivity contribution < 1.29 is 27.4 Å². The van der Waals surface area contributed by atoms with Gasteiger partial charge < -0.3 is 14.2 Å². The number of fused-ring (bicyclic) bond motifs is 1. The highest BCUT2D eigenvalue weighted by Crippen LogP contribution is 2.32. The second-order valence-corrected chi connectivity index (χ2v) is 8.68. The van der Waals surface area contributed by atoms with Gasteiger partial charge in [0.05, 0.1) is 37.7 Å². The number of hydrogen-bond acceptors (Lipinski definition) is 6. The van der Waals surface area contributed by atoms with Crippen LogP contribution in [-0.4, -0.2) is 34.7 Å². The van der Waals surface area contributed by atoms with Gasteiger partial charge in [0.25, 0.3) is 0 Å². The lowest BCUT2D eigenvalue weighted by Gasteiger charge is -2.20. The number of sulfonamides is 1. The number of carbonyl (C=O) groups excluding carboxylic acids is 1. The number of benzene rings is 3. The summed E-state index contributed by atoms with van der Waals surface area (Å²) in [5, 5.41) is 1.24. The molecule has 0 aromatic heterocycles. The number of carbonyl (C=O) groups is 1. The van der Waals surface area contributed by atoms with Gasteiger partial charge in [-0.15, -0.1) is 0 Å². The Bertz CT molecular complexity index is 1170. The maximum atomic E-state index is 13.4.